The number of halogens is 1. The molecule has 0 saturated carbocycles. The molecule has 5 rings (SSSR count). The second-order valence-corrected chi connectivity index (χ2v) is 8.83. The van der Waals surface area contributed by atoms with E-state index < -0.39 is 0 Å². The molecule has 0 spiro atoms. The number of rotatable bonds is 4. The number of nitrogens with zero attached hydrogens (tertiary/aromatic N) is 6. The van der Waals surface area contributed by atoms with E-state index >= 15 is 0 Å². The Balaban J connectivity index is 1.66. The summed E-state index contributed by atoms with van der Waals surface area (Å²) in [5.41, 5.74) is 10.4. The fraction of sp³-hybridized carbons (Fsp3) is 0.320. The molecule has 1 aliphatic heterocycles. The zero-order chi connectivity index (χ0) is 23.1. The van der Waals surface area contributed by atoms with Crippen LogP contribution in [0.1, 0.15) is 19.4 Å². The quantitative estimate of drug-likeness (QED) is 0.511. The highest BCUT2D eigenvalue weighted by Crippen LogP contribution is 2.34. The number of anilines is 2. The molecule has 1 saturated heterocycles. The van der Waals surface area contributed by atoms with Gasteiger partial charge in [-0.1, -0.05) is 29.8 Å². The molecule has 7 nitrogen and oxygen atoms in total. The van der Waals surface area contributed by atoms with Gasteiger partial charge in [-0.3, -0.25) is 4.90 Å². The largest absolute Gasteiger partial charge is 0.383 e. The van der Waals surface area contributed by atoms with Gasteiger partial charge in [0.2, 0.25) is 5.95 Å². The van der Waals surface area contributed by atoms with Crippen LogP contribution in [-0.4, -0.2) is 56.9 Å². The van der Waals surface area contributed by atoms with Gasteiger partial charge in [-0.05, 0) is 45.0 Å². The third kappa shape index (κ3) is 4.02. The van der Waals surface area contributed by atoms with Crippen molar-refractivity contribution in [3.8, 4) is 16.9 Å². The van der Waals surface area contributed by atoms with Crippen LogP contribution in [0, 0.1) is 12.7 Å². The summed E-state index contributed by atoms with van der Waals surface area (Å²) in [6.07, 6.45) is 0. The summed E-state index contributed by atoms with van der Waals surface area (Å²) in [7, 11) is 0. The van der Waals surface area contributed by atoms with Crippen molar-refractivity contribution in [2.24, 2.45) is 0 Å². The van der Waals surface area contributed by atoms with Crippen LogP contribution >= 0.6 is 0 Å². The second-order valence-electron chi connectivity index (χ2n) is 8.83. The minimum Gasteiger partial charge on any atom is -0.383 e. The standard InChI is InChI=1S/C25H28FN7/c1-16(2)31-10-12-32(13-11-31)25-28-22(18-7-4-6-17(3)14-18)21-23(27)33(30-24(21)29-25)20-9-5-8-19(26)15-20/h4-9,14-16H,10-13,27H2,1-3H3. The Labute approximate surface area is 192 Å². The number of aromatic nitrogens is 4. The number of aryl methyl sites for hydroxylation is 1. The summed E-state index contributed by atoms with van der Waals surface area (Å²) in [6.45, 7) is 10.1. The molecule has 0 aliphatic carbocycles. The monoisotopic (exact) mass is 445 g/mol. The van der Waals surface area contributed by atoms with Crippen LogP contribution in [0.2, 0.25) is 0 Å². The SMILES string of the molecule is Cc1cccc(-c2nc(N3CCN(C(C)C)CC3)nc3nn(-c4cccc(F)c4)c(N)c23)c1. The molecule has 33 heavy (non-hydrogen) atoms. The maximum atomic E-state index is 13.9. The minimum atomic E-state index is -0.347. The van der Waals surface area contributed by atoms with Gasteiger partial charge < -0.3 is 10.6 Å². The van der Waals surface area contributed by atoms with Crippen LogP contribution in [-0.2, 0) is 0 Å². The first-order chi connectivity index (χ1) is 15.9. The van der Waals surface area contributed by atoms with Crippen molar-refractivity contribution >= 4 is 22.8 Å². The number of hydrogen-bond acceptors (Lipinski definition) is 6. The molecule has 170 valence electrons. The summed E-state index contributed by atoms with van der Waals surface area (Å²) < 4.78 is 15.4. The van der Waals surface area contributed by atoms with Crippen LogP contribution in [0.3, 0.4) is 0 Å². The third-order valence-corrected chi connectivity index (χ3v) is 6.23. The molecule has 8 heteroatoms. The molecular weight excluding hydrogens is 417 g/mol. The second kappa shape index (κ2) is 8.44. The molecular formula is C25H28FN7. The summed E-state index contributed by atoms with van der Waals surface area (Å²) in [5.74, 6) is 0.690. The van der Waals surface area contributed by atoms with Crippen LogP contribution in [0.15, 0.2) is 48.5 Å². The van der Waals surface area contributed by atoms with Crippen molar-refractivity contribution in [2.45, 2.75) is 26.8 Å². The number of benzene rings is 2. The Morgan fingerprint density at radius 2 is 1.73 bits per heavy atom. The maximum absolute atomic E-state index is 13.9. The molecule has 2 aromatic carbocycles. The summed E-state index contributed by atoms with van der Waals surface area (Å²) in [5, 5.41) is 5.34. The topological polar surface area (TPSA) is 76.1 Å². The Kier molecular flexibility index (Phi) is 5.46. The lowest BCUT2D eigenvalue weighted by atomic mass is 10.1. The van der Waals surface area contributed by atoms with Gasteiger partial charge in [-0.25, -0.2) is 14.1 Å². The van der Waals surface area contributed by atoms with Crippen LogP contribution in [0.5, 0.6) is 0 Å². The Bertz CT molecular complexity index is 1310. The highest BCUT2D eigenvalue weighted by molar-refractivity contribution is 5.99. The number of nitrogens with two attached hydrogens (primary N) is 1. The van der Waals surface area contributed by atoms with Gasteiger partial charge in [0.15, 0.2) is 5.65 Å². The van der Waals surface area contributed by atoms with Crippen molar-refractivity contribution in [1.29, 1.82) is 0 Å². The molecule has 2 aromatic heterocycles. The Hall–Kier alpha value is -3.52. The predicted octanol–water partition coefficient (Wildman–Crippen LogP) is 4.04. The molecule has 0 bridgehead atoms. The smallest absolute Gasteiger partial charge is 0.228 e. The van der Waals surface area contributed by atoms with Crippen LogP contribution < -0.4 is 10.6 Å². The van der Waals surface area contributed by atoms with Crippen LogP contribution in [0.25, 0.3) is 28.0 Å². The fourth-order valence-corrected chi connectivity index (χ4v) is 4.39. The van der Waals surface area contributed by atoms with Gasteiger partial charge in [0, 0.05) is 37.8 Å². The van der Waals surface area contributed by atoms with E-state index in [1.54, 1.807) is 16.8 Å². The first kappa shape index (κ1) is 21.3. The Morgan fingerprint density at radius 3 is 2.42 bits per heavy atom. The third-order valence-electron chi connectivity index (χ3n) is 6.23. The number of nitrogen functional groups attached to an aromatic ring is 1. The van der Waals surface area contributed by atoms with Crippen molar-refractivity contribution < 1.29 is 4.39 Å². The number of hydrogen-bond donors (Lipinski definition) is 1. The molecule has 0 radical (unpaired) electrons. The predicted molar refractivity (Wildman–Crippen MR) is 130 cm³/mol. The van der Waals surface area contributed by atoms with E-state index in [1.807, 2.05) is 25.1 Å². The van der Waals surface area contributed by atoms with Crippen molar-refractivity contribution in [3.05, 3.63) is 59.9 Å². The first-order valence-electron chi connectivity index (χ1n) is 11.3. The lowest BCUT2D eigenvalue weighted by Gasteiger charge is -2.36. The van der Waals surface area contributed by atoms with E-state index in [2.05, 4.69) is 34.8 Å². The minimum absolute atomic E-state index is 0.347. The molecule has 0 unspecified atom stereocenters. The molecule has 0 atom stereocenters. The van der Waals surface area contributed by atoms with Gasteiger partial charge in [0.05, 0.1) is 16.8 Å². The van der Waals surface area contributed by atoms with Gasteiger partial charge in [-0.15, -0.1) is 5.10 Å². The lowest BCUT2D eigenvalue weighted by Crippen LogP contribution is -2.49. The summed E-state index contributed by atoms with van der Waals surface area (Å²) >= 11 is 0. The van der Waals surface area contributed by atoms with E-state index in [0.717, 1.165) is 43.0 Å². The maximum Gasteiger partial charge on any atom is 0.228 e. The van der Waals surface area contributed by atoms with E-state index in [9.17, 15) is 4.39 Å². The molecule has 4 aromatic rings. The summed E-state index contributed by atoms with van der Waals surface area (Å²) in [6, 6.07) is 14.9. The van der Waals surface area contributed by atoms with E-state index in [0.29, 0.717) is 34.5 Å². The van der Waals surface area contributed by atoms with Crippen LogP contribution in [0.4, 0.5) is 16.2 Å². The van der Waals surface area contributed by atoms with Gasteiger partial charge in [0.25, 0.3) is 0 Å². The first-order valence-corrected chi connectivity index (χ1v) is 11.3. The highest BCUT2D eigenvalue weighted by Gasteiger charge is 2.24. The average molecular weight is 446 g/mol. The highest BCUT2D eigenvalue weighted by atomic mass is 19.1. The van der Waals surface area contributed by atoms with Gasteiger partial charge in [-0.2, -0.15) is 4.98 Å². The van der Waals surface area contributed by atoms with E-state index in [4.69, 9.17) is 15.7 Å². The molecule has 2 N–H and O–H groups in total. The normalized spacial score (nSPS) is 15.0. The molecule has 1 fully saturated rings. The summed E-state index contributed by atoms with van der Waals surface area (Å²) in [4.78, 5) is 14.4. The number of piperazine rings is 1. The number of fused-ring (bicyclic) bond motifs is 1. The van der Waals surface area contributed by atoms with Crippen molar-refractivity contribution in [1.82, 2.24) is 24.6 Å². The lowest BCUT2D eigenvalue weighted by molar-refractivity contribution is 0.208. The Morgan fingerprint density at radius 1 is 0.970 bits per heavy atom. The van der Waals surface area contributed by atoms with Gasteiger partial charge >= 0.3 is 0 Å². The molecule has 3 heterocycles. The molecule has 0 amide bonds. The fourth-order valence-electron chi connectivity index (χ4n) is 4.39. The zero-order valence-electron chi connectivity index (χ0n) is 19.2. The van der Waals surface area contributed by atoms with Gasteiger partial charge in [0.1, 0.15) is 11.6 Å². The van der Waals surface area contributed by atoms with E-state index in [1.165, 1.54) is 12.1 Å². The van der Waals surface area contributed by atoms with Crippen molar-refractivity contribution in [3.63, 3.8) is 0 Å². The molecule has 1 aliphatic rings. The van der Waals surface area contributed by atoms with Crippen molar-refractivity contribution in [2.75, 3.05) is 36.8 Å². The zero-order valence-corrected chi connectivity index (χ0v) is 19.2. The van der Waals surface area contributed by atoms with E-state index in [-0.39, 0.29) is 5.82 Å². The average Bonchev–Trinajstić information content (AvgIpc) is 3.15.